The molecule has 2 aliphatic rings. The van der Waals surface area contributed by atoms with Crippen LogP contribution in [0.3, 0.4) is 0 Å². The maximum Gasteiger partial charge on any atom is 0.315 e. The van der Waals surface area contributed by atoms with Crippen molar-refractivity contribution in [3.05, 3.63) is 29.8 Å². The molecule has 0 aromatic heterocycles. The van der Waals surface area contributed by atoms with E-state index in [2.05, 4.69) is 41.5 Å². The lowest BCUT2D eigenvalue weighted by Gasteiger charge is -2.40. The molecule has 1 aliphatic carbocycles. The molecule has 2 atom stereocenters. The fourth-order valence-electron chi connectivity index (χ4n) is 3.37. The number of benzene rings is 1. The number of carbonyl (C=O) groups excluding carboxylic acids is 1. The molecule has 6 heteroatoms. The van der Waals surface area contributed by atoms with Crippen LogP contribution in [0.1, 0.15) is 31.7 Å². The Bertz CT molecular complexity index is 582. The lowest BCUT2D eigenvalue weighted by molar-refractivity contribution is -0.00874. The third kappa shape index (κ3) is 4.64. The zero-order valence-electron chi connectivity index (χ0n) is 15.4. The highest BCUT2D eigenvalue weighted by molar-refractivity contribution is 5.75. The second-order valence-electron chi connectivity index (χ2n) is 7.46. The highest BCUT2D eigenvalue weighted by Gasteiger charge is 2.39. The van der Waals surface area contributed by atoms with E-state index < -0.39 is 0 Å². The van der Waals surface area contributed by atoms with E-state index in [0.29, 0.717) is 12.5 Å². The van der Waals surface area contributed by atoms with Crippen molar-refractivity contribution in [3.63, 3.8) is 0 Å². The van der Waals surface area contributed by atoms with Gasteiger partial charge < -0.3 is 20.1 Å². The number of rotatable bonds is 6. The van der Waals surface area contributed by atoms with Gasteiger partial charge >= 0.3 is 6.03 Å². The average molecular weight is 347 g/mol. The highest BCUT2D eigenvalue weighted by atomic mass is 16.5. The number of amides is 2. The molecule has 1 aromatic carbocycles. The zero-order chi connectivity index (χ0) is 17.9. The van der Waals surface area contributed by atoms with Crippen molar-refractivity contribution >= 4 is 6.03 Å². The summed E-state index contributed by atoms with van der Waals surface area (Å²) in [5, 5.41) is 6.11. The number of hydrogen-bond donors (Lipinski definition) is 2. The summed E-state index contributed by atoms with van der Waals surface area (Å²) < 4.78 is 10.6. The van der Waals surface area contributed by atoms with E-state index in [0.717, 1.165) is 38.5 Å². The normalized spacial score (nSPS) is 23.8. The Kier molecular flexibility index (Phi) is 5.49. The Hall–Kier alpha value is -1.79. The molecule has 6 nitrogen and oxygen atoms in total. The summed E-state index contributed by atoms with van der Waals surface area (Å²) in [6, 6.07) is 8.22. The molecule has 0 unspecified atom stereocenters. The summed E-state index contributed by atoms with van der Waals surface area (Å²) >= 11 is 0. The standard InChI is InChI=1S/C19H29N3O3/c1-19(2,22-8-10-25-11-9-22)13-20-18(23)21-17-12-16(17)14-4-6-15(24-3)7-5-14/h4-7,16-17H,8-13H2,1-3H3,(H2,20,21,23)/t16-,17+/m0/s1. The summed E-state index contributed by atoms with van der Waals surface area (Å²) in [5.74, 6) is 1.26. The van der Waals surface area contributed by atoms with Crippen molar-refractivity contribution < 1.29 is 14.3 Å². The number of ether oxygens (including phenoxy) is 2. The SMILES string of the molecule is COc1ccc([C@@H]2C[C@H]2NC(=O)NCC(C)(C)N2CCOCC2)cc1. The summed E-state index contributed by atoms with van der Waals surface area (Å²) in [4.78, 5) is 14.6. The van der Waals surface area contributed by atoms with Gasteiger partial charge in [-0.1, -0.05) is 12.1 Å². The first-order chi connectivity index (χ1) is 12.0. The monoisotopic (exact) mass is 347 g/mol. The molecule has 0 radical (unpaired) electrons. The van der Waals surface area contributed by atoms with Crippen molar-refractivity contribution in [1.29, 1.82) is 0 Å². The summed E-state index contributed by atoms with van der Waals surface area (Å²) in [7, 11) is 1.67. The van der Waals surface area contributed by atoms with Gasteiger partial charge in [-0.2, -0.15) is 0 Å². The van der Waals surface area contributed by atoms with Gasteiger partial charge in [0.15, 0.2) is 0 Å². The number of urea groups is 1. The maximum absolute atomic E-state index is 12.2. The Labute approximate surface area is 149 Å². The Balaban J connectivity index is 1.42. The number of methoxy groups -OCH3 is 1. The lowest BCUT2D eigenvalue weighted by Crippen LogP contribution is -2.56. The van der Waals surface area contributed by atoms with Gasteiger partial charge in [0.05, 0.1) is 20.3 Å². The van der Waals surface area contributed by atoms with Crippen LogP contribution in [0.25, 0.3) is 0 Å². The van der Waals surface area contributed by atoms with Crippen LogP contribution in [-0.2, 0) is 4.74 Å². The Morgan fingerprint density at radius 2 is 1.96 bits per heavy atom. The van der Waals surface area contributed by atoms with Crippen LogP contribution in [0.15, 0.2) is 24.3 Å². The molecular formula is C19H29N3O3. The fraction of sp³-hybridized carbons (Fsp3) is 0.632. The molecule has 0 bridgehead atoms. The van der Waals surface area contributed by atoms with Crippen LogP contribution in [0.2, 0.25) is 0 Å². The Morgan fingerprint density at radius 1 is 1.28 bits per heavy atom. The highest BCUT2D eigenvalue weighted by Crippen LogP contribution is 2.41. The largest absolute Gasteiger partial charge is 0.497 e. The number of morpholine rings is 1. The van der Waals surface area contributed by atoms with Gasteiger partial charge in [-0.3, -0.25) is 4.90 Å². The number of nitrogens with one attached hydrogen (secondary N) is 2. The molecule has 2 amide bonds. The van der Waals surface area contributed by atoms with Crippen LogP contribution in [0, 0.1) is 0 Å². The third-order valence-electron chi connectivity index (χ3n) is 5.20. The number of nitrogens with zero attached hydrogens (tertiary/aromatic N) is 1. The predicted molar refractivity (Wildman–Crippen MR) is 97.1 cm³/mol. The van der Waals surface area contributed by atoms with E-state index in [1.54, 1.807) is 7.11 Å². The van der Waals surface area contributed by atoms with Crippen molar-refractivity contribution in [2.45, 2.75) is 37.8 Å². The van der Waals surface area contributed by atoms with E-state index in [1.807, 2.05) is 12.1 Å². The maximum atomic E-state index is 12.2. The zero-order valence-corrected chi connectivity index (χ0v) is 15.4. The second kappa shape index (κ2) is 7.62. The topological polar surface area (TPSA) is 62.8 Å². The second-order valence-corrected chi connectivity index (χ2v) is 7.46. The van der Waals surface area contributed by atoms with Gasteiger partial charge in [0.1, 0.15) is 5.75 Å². The van der Waals surface area contributed by atoms with Gasteiger partial charge in [0.25, 0.3) is 0 Å². The summed E-state index contributed by atoms with van der Waals surface area (Å²) in [6.45, 7) is 8.31. The first kappa shape index (κ1) is 18.0. The van der Waals surface area contributed by atoms with Crippen molar-refractivity contribution in [3.8, 4) is 5.75 Å². The summed E-state index contributed by atoms with van der Waals surface area (Å²) in [6.07, 6.45) is 0.993. The molecule has 1 aliphatic heterocycles. The van der Waals surface area contributed by atoms with Crippen LogP contribution in [0.5, 0.6) is 5.75 Å². The molecule has 3 rings (SSSR count). The van der Waals surface area contributed by atoms with Gasteiger partial charge in [-0.15, -0.1) is 0 Å². The number of carbonyl (C=O) groups is 1. The first-order valence-electron chi connectivity index (χ1n) is 9.01. The van der Waals surface area contributed by atoms with Gasteiger partial charge in [-0.25, -0.2) is 4.79 Å². The molecule has 1 saturated heterocycles. The molecule has 2 N–H and O–H groups in total. The van der Waals surface area contributed by atoms with Crippen molar-refractivity contribution in [2.24, 2.45) is 0 Å². The van der Waals surface area contributed by atoms with E-state index in [1.165, 1.54) is 5.56 Å². The Morgan fingerprint density at radius 3 is 2.60 bits per heavy atom. The average Bonchev–Trinajstić information content (AvgIpc) is 3.40. The third-order valence-corrected chi connectivity index (χ3v) is 5.20. The first-order valence-corrected chi connectivity index (χ1v) is 9.01. The fourth-order valence-corrected chi connectivity index (χ4v) is 3.37. The molecule has 2 fully saturated rings. The molecule has 1 aromatic rings. The quantitative estimate of drug-likeness (QED) is 0.826. The van der Waals surface area contributed by atoms with Crippen molar-refractivity contribution in [1.82, 2.24) is 15.5 Å². The number of hydrogen-bond acceptors (Lipinski definition) is 4. The minimum Gasteiger partial charge on any atom is -0.497 e. The smallest absolute Gasteiger partial charge is 0.315 e. The van der Waals surface area contributed by atoms with E-state index in [4.69, 9.17) is 9.47 Å². The molecule has 25 heavy (non-hydrogen) atoms. The molecule has 0 spiro atoms. The minimum absolute atomic E-state index is 0.0694. The van der Waals surface area contributed by atoms with Gasteiger partial charge in [0.2, 0.25) is 0 Å². The van der Waals surface area contributed by atoms with Gasteiger partial charge in [0, 0.05) is 37.1 Å². The lowest BCUT2D eigenvalue weighted by atomic mass is 10.0. The van der Waals surface area contributed by atoms with Gasteiger partial charge in [-0.05, 0) is 38.0 Å². The molecule has 1 heterocycles. The van der Waals surface area contributed by atoms with E-state index in [-0.39, 0.29) is 17.6 Å². The summed E-state index contributed by atoms with van der Waals surface area (Å²) in [5.41, 5.74) is 1.18. The van der Waals surface area contributed by atoms with Crippen LogP contribution in [-0.4, -0.2) is 62.5 Å². The van der Waals surface area contributed by atoms with Crippen LogP contribution in [0.4, 0.5) is 4.79 Å². The van der Waals surface area contributed by atoms with Crippen LogP contribution >= 0.6 is 0 Å². The van der Waals surface area contributed by atoms with E-state index in [9.17, 15) is 4.79 Å². The molecule has 1 saturated carbocycles. The molecular weight excluding hydrogens is 318 g/mol. The van der Waals surface area contributed by atoms with E-state index >= 15 is 0 Å². The van der Waals surface area contributed by atoms with Crippen molar-refractivity contribution in [2.75, 3.05) is 40.0 Å². The minimum atomic E-state index is -0.0812. The predicted octanol–water partition coefficient (Wildman–Crippen LogP) is 1.96. The van der Waals surface area contributed by atoms with Crippen LogP contribution < -0.4 is 15.4 Å². The molecule has 138 valence electrons.